The maximum absolute atomic E-state index is 12.6. The van der Waals surface area contributed by atoms with Gasteiger partial charge < -0.3 is 5.73 Å². The zero-order valence-corrected chi connectivity index (χ0v) is 12.8. The van der Waals surface area contributed by atoms with Gasteiger partial charge in [-0.05, 0) is 24.5 Å². The van der Waals surface area contributed by atoms with E-state index in [4.69, 9.17) is 28.9 Å². The summed E-state index contributed by atoms with van der Waals surface area (Å²) in [6.07, 6.45) is 0.641. The summed E-state index contributed by atoms with van der Waals surface area (Å²) in [5.74, 6) is 0.116. The maximum atomic E-state index is 12.6. The van der Waals surface area contributed by atoms with Gasteiger partial charge in [0.2, 0.25) is 10.0 Å². The van der Waals surface area contributed by atoms with E-state index in [0.29, 0.717) is 19.5 Å². The third-order valence-corrected chi connectivity index (χ3v) is 6.27. The van der Waals surface area contributed by atoms with Crippen molar-refractivity contribution in [3.8, 4) is 0 Å². The second-order valence-corrected chi connectivity index (χ2v) is 7.53. The number of halogens is 2. The van der Waals surface area contributed by atoms with Gasteiger partial charge in [0.25, 0.3) is 0 Å². The lowest BCUT2D eigenvalue weighted by Gasteiger charge is -2.34. The van der Waals surface area contributed by atoms with Gasteiger partial charge in [-0.2, -0.15) is 4.31 Å². The molecule has 0 amide bonds. The molecule has 7 heteroatoms. The lowest BCUT2D eigenvalue weighted by atomic mass is 9.96. The van der Waals surface area contributed by atoms with E-state index in [9.17, 15) is 8.42 Å². The molecule has 19 heavy (non-hydrogen) atoms. The Hall–Kier alpha value is -0.330. The van der Waals surface area contributed by atoms with Gasteiger partial charge in [0.1, 0.15) is 4.90 Å². The van der Waals surface area contributed by atoms with Crippen LogP contribution in [0.3, 0.4) is 0 Å². The van der Waals surface area contributed by atoms with Gasteiger partial charge in [-0.3, -0.25) is 0 Å². The van der Waals surface area contributed by atoms with E-state index in [1.54, 1.807) is 6.07 Å². The zero-order valence-electron chi connectivity index (χ0n) is 10.5. The second kappa shape index (κ2) is 5.58. The van der Waals surface area contributed by atoms with Gasteiger partial charge in [-0.1, -0.05) is 36.2 Å². The highest BCUT2D eigenvalue weighted by Crippen LogP contribution is 2.33. The van der Waals surface area contributed by atoms with Crippen LogP contribution in [0.15, 0.2) is 23.1 Å². The van der Waals surface area contributed by atoms with Crippen molar-refractivity contribution in [3.63, 3.8) is 0 Å². The molecule has 2 atom stereocenters. The van der Waals surface area contributed by atoms with Crippen molar-refractivity contribution in [1.29, 1.82) is 0 Å². The van der Waals surface area contributed by atoms with Gasteiger partial charge in [0.15, 0.2) is 0 Å². The van der Waals surface area contributed by atoms with Crippen LogP contribution in [-0.2, 0) is 10.0 Å². The highest BCUT2D eigenvalue weighted by Gasteiger charge is 2.34. The van der Waals surface area contributed by atoms with Crippen molar-refractivity contribution < 1.29 is 8.42 Å². The van der Waals surface area contributed by atoms with Crippen LogP contribution < -0.4 is 5.73 Å². The molecule has 2 unspecified atom stereocenters. The summed E-state index contributed by atoms with van der Waals surface area (Å²) in [5, 5.41) is 0.296. The van der Waals surface area contributed by atoms with Gasteiger partial charge in [-0.15, -0.1) is 0 Å². The van der Waals surface area contributed by atoms with E-state index in [-0.39, 0.29) is 26.9 Å². The van der Waals surface area contributed by atoms with Gasteiger partial charge in [0, 0.05) is 19.1 Å². The minimum Gasteiger partial charge on any atom is -0.327 e. The number of hydrogen-bond acceptors (Lipinski definition) is 3. The summed E-state index contributed by atoms with van der Waals surface area (Å²) in [4.78, 5) is -0.0130. The normalized spacial score (nSPS) is 25.5. The Bertz CT molecular complexity index is 557. The van der Waals surface area contributed by atoms with E-state index in [1.807, 2.05) is 6.92 Å². The monoisotopic (exact) mass is 322 g/mol. The molecule has 0 radical (unpaired) electrons. The number of piperidine rings is 1. The summed E-state index contributed by atoms with van der Waals surface area (Å²) >= 11 is 12.0. The Morgan fingerprint density at radius 3 is 2.42 bits per heavy atom. The quantitative estimate of drug-likeness (QED) is 0.909. The van der Waals surface area contributed by atoms with Crippen molar-refractivity contribution in [2.45, 2.75) is 24.3 Å². The third kappa shape index (κ3) is 2.90. The van der Waals surface area contributed by atoms with Crippen molar-refractivity contribution in [2.75, 3.05) is 13.1 Å². The van der Waals surface area contributed by atoms with Crippen molar-refractivity contribution >= 4 is 33.2 Å². The average molecular weight is 323 g/mol. The molecule has 2 rings (SSSR count). The summed E-state index contributed by atoms with van der Waals surface area (Å²) in [7, 11) is -3.67. The molecule has 0 bridgehead atoms. The van der Waals surface area contributed by atoms with E-state index >= 15 is 0 Å². The number of nitrogens with two attached hydrogens (primary N) is 1. The first kappa shape index (κ1) is 15.1. The molecule has 1 fully saturated rings. The van der Waals surface area contributed by atoms with Crippen LogP contribution >= 0.6 is 23.2 Å². The molecule has 1 saturated heterocycles. The van der Waals surface area contributed by atoms with Crippen molar-refractivity contribution in [1.82, 2.24) is 4.31 Å². The molecular weight excluding hydrogens is 307 g/mol. The predicted molar refractivity (Wildman–Crippen MR) is 77.0 cm³/mol. The van der Waals surface area contributed by atoms with Crippen LogP contribution in [0.25, 0.3) is 0 Å². The van der Waals surface area contributed by atoms with Gasteiger partial charge in [0.05, 0.1) is 10.0 Å². The molecule has 2 N–H and O–H groups in total. The molecule has 1 aliphatic heterocycles. The van der Waals surface area contributed by atoms with Gasteiger partial charge >= 0.3 is 0 Å². The van der Waals surface area contributed by atoms with Crippen molar-refractivity contribution in [3.05, 3.63) is 28.2 Å². The fourth-order valence-corrected chi connectivity index (χ4v) is 4.85. The number of sulfonamides is 1. The highest BCUT2D eigenvalue weighted by molar-refractivity contribution is 7.89. The third-order valence-electron chi connectivity index (χ3n) is 3.45. The van der Waals surface area contributed by atoms with E-state index in [2.05, 4.69) is 0 Å². The van der Waals surface area contributed by atoms with Crippen LogP contribution in [0.5, 0.6) is 0 Å². The summed E-state index contributed by atoms with van der Waals surface area (Å²) < 4.78 is 26.6. The average Bonchev–Trinajstić information content (AvgIpc) is 2.32. The highest BCUT2D eigenvalue weighted by atomic mass is 35.5. The Labute approximate surface area is 123 Å². The molecule has 106 valence electrons. The minimum absolute atomic E-state index is 0.0130. The van der Waals surface area contributed by atoms with E-state index in [0.717, 1.165) is 0 Å². The molecule has 0 aliphatic carbocycles. The van der Waals surface area contributed by atoms with Crippen molar-refractivity contribution in [2.24, 2.45) is 11.7 Å². The maximum Gasteiger partial charge on any atom is 0.246 e. The zero-order chi connectivity index (χ0) is 14.2. The summed E-state index contributed by atoms with van der Waals surface area (Å²) in [5.41, 5.74) is 5.91. The standard InChI is InChI=1S/C12H16Cl2N2O2S/c1-8-7-16(6-5-11(8)15)19(17,18)12-9(13)3-2-4-10(12)14/h2-4,8,11H,5-7,15H2,1H3. The van der Waals surface area contributed by atoms with Crippen LogP contribution in [0.4, 0.5) is 0 Å². The first-order chi connectivity index (χ1) is 8.84. The Balaban J connectivity index is 2.38. The van der Waals surface area contributed by atoms with E-state index < -0.39 is 10.0 Å². The number of hydrogen-bond donors (Lipinski definition) is 1. The Morgan fingerprint density at radius 1 is 1.32 bits per heavy atom. The molecule has 1 aliphatic rings. The van der Waals surface area contributed by atoms with Crippen LogP contribution in [0.1, 0.15) is 13.3 Å². The van der Waals surface area contributed by atoms with Crippen LogP contribution in [0, 0.1) is 5.92 Å². The lowest BCUT2D eigenvalue weighted by Crippen LogP contribution is -2.48. The Morgan fingerprint density at radius 2 is 1.89 bits per heavy atom. The first-order valence-electron chi connectivity index (χ1n) is 6.03. The molecule has 0 saturated carbocycles. The molecule has 0 aromatic heterocycles. The molecule has 0 spiro atoms. The largest absolute Gasteiger partial charge is 0.327 e. The number of rotatable bonds is 2. The molecule has 4 nitrogen and oxygen atoms in total. The lowest BCUT2D eigenvalue weighted by molar-refractivity contribution is 0.250. The molecule has 1 aromatic carbocycles. The van der Waals surface area contributed by atoms with E-state index in [1.165, 1.54) is 16.4 Å². The smallest absolute Gasteiger partial charge is 0.246 e. The summed E-state index contributed by atoms with van der Waals surface area (Å²) in [6, 6.07) is 4.71. The minimum atomic E-state index is -3.67. The summed E-state index contributed by atoms with van der Waals surface area (Å²) in [6.45, 7) is 2.74. The number of nitrogens with zero attached hydrogens (tertiary/aromatic N) is 1. The number of benzene rings is 1. The fourth-order valence-electron chi connectivity index (χ4n) is 2.20. The van der Waals surface area contributed by atoms with Crippen LogP contribution in [0.2, 0.25) is 10.0 Å². The first-order valence-corrected chi connectivity index (χ1v) is 8.23. The molecule has 1 aromatic rings. The predicted octanol–water partition coefficient (Wildman–Crippen LogP) is 2.35. The fraction of sp³-hybridized carbons (Fsp3) is 0.500. The van der Waals surface area contributed by atoms with Crippen LogP contribution in [-0.4, -0.2) is 31.9 Å². The SMILES string of the molecule is CC1CN(S(=O)(=O)c2c(Cl)cccc2Cl)CCC1N. The van der Waals surface area contributed by atoms with Gasteiger partial charge in [-0.25, -0.2) is 8.42 Å². The Kier molecular flexibility index (Phi) is 4.42. The molecular formula is C12H16Cl2N2O2S. The second-order valence-electron chi connectivity index (χ2n) is 4.84. The topological polar surface area (TPSA) is 63.4 Å². The molecule has 1 heterocycles.